The second kappa shape index (κ2) is 13.6. The molecular weight excluding hydrogens is 526 g/mol. The number of carbonyl (C=O) groups is 2. The summed E-state index contributed by atoms with van der Waals surface area (Å²) in [5.74, 6) is -0.274. The van der Waals surface area contributed by atoms with Crippen LogP contribution in [0.15, 0.2) is 43.1 Å². The Morgan fingerprint density at radius 1 is 1.07 bits per heavy atom. The van der Waals surface area contributed by atoms with Gasteiger partial charge < -0.3 is 24.4 Å². The molecule has 2 amide bonds. The number of rotatable bonds is 10. The number of likely N-dealkylation sites (tertiary alicyclic amines) is 1. The standard InChI is InChI=1S/C27H30F2N6O5/c1-3-5-6-39-27(37)35-15-20(29)8-21(16-35)34-25(36)18-11-31-24(32-12-18)17-7-22(14-30-10-17)40-26-23(38-4-2)9-19(28)13-33-26/h7,9-14,20-21H,3-6,8,15-16H2,1-2H3,(H,34,36)/t20-,21-/m0/s1. The smallest absolute Gasteiger partial charge is 0.409 e. The number of pyridine rings is 2. The number of hydrogen-bond acceptors (Lipinski definition) is 9. The van der Waals surface area contributed by atoms with Gasteiger partial charge in [-0.15, -0.1) is 0 Å². The van der Waals surface area contributed by atoms with Crippen molar-refractivity contribution in [3.05, 3.63) is 54.5 Å². The van der Waals surface area contributed by atoms with E-state index >= 15 is 0 Å². The van der Waals surface area contributed by atoms with Crippen LogP contribution < -0.4 is 14.8 Å². The second-order valence-corrected chi connectivity index (χ2v) is 9.07. The Labute approximate surface area is 229 Å². The largest absolute Gasteiger partial charge is 0.488 e. The number of hydrogen-bond donors (Lipinski definition) is 1. The van der Waals surface area contributed by atoms with Crippen molar-refractivity contribution in [1.29, 1.82) is 0 Å². The number of nitrogens with zero attached hydrogens (tertiary/aromatic N) is 5. The summed E-state index contributed by atoms with van der Waals surface area (Å²) in [6, 6.07) is 2.20. The predicted molar refractivity (Wildman–Crippen MR) is 139 cm³/mol. The molecule has 0 aliphatic carbocycles. The van der Waals surface area contributed by atoms with Gasteiger partial charge in [0.15, 0.2) is 11.6 Å². The maximum atomic E-state index is 14.3. The lowest BCUT2D eigenvalue weighted by Crippen LogP contribution is -2.53. The fraction of sp³-hybridized carbons (Fsp3) is 0.407. The molecule has 1 saturated heterocycles. The lowest BCUT2D eigenvalue weighted by atomic mass is 10.0. The van der Waals surface area contributed by atoms with E-state index in [1.54, 1.807) is 13.0 Å². The predicted octanol–water partition coefficient (Wildman–Crippen LogP) is 4.34. The van der Waals surface area contributed by atoms with E-state index in [0.717, 1.165) is 19.0 Å². The number of aromatic nitrogens is 4. The average molecular weight is 557 g/mol. The van der Waals surface area contributed by atoms with Crippen LogP contribution in [-0.4, -0.2) is 75.4 Å². The zero-order chi connectivity index (χ0) is 28.5. The van der Waals surface area contributed by atoms with E-state index in [2.05, 4.69) is 25.3 Å². The molecule has 13 heteroatoms. The van der Waals surface area contributed by atoms with Gasteiger partial charge in [0.05, 0.1) is 37.7 Å². The van der Waals surface area contributed by atoms with Crippen molar-refractivity contribution in [3.63, 3.8) is 0 Å². The van der Waals surface area contributed by atoms with Crippen LogP contribution in [0.25, 0.3) is 11.4 Å². The molecule has 4 rings (SSSR count). The molecule has 11 nitrogen and oxygen atoms in total. The highest BCUT2D eigenvalue weighted by Gasteiger charge is 2.32. The van der Waals surface area contributed by atoms with E-state index in [1.165, 1.54) is 35.8 Å². The summed E-state index contributed by atoms with van der Waals surface area (Å²) in [7, 11) is 0. The molecule has 4 heterocycles. The first-order chi connectivity index (χ1) is 19.4. The van der Waals surface area contributed by atoms with E-state index in [9.17, 15) is 18.4 Å². The average Bonchev–Trinajstić information content (AvgIpc) is 2.94. The Kier molecular flexibility index (Phi) is 9.71. The highest BCUT2D eigenvalue weighted by Crippen LogP contribution is 2.31. The van der Waals surface area contributed by atoms with E-state index in [-0.39, 0.29) is 49.1 Å². The lowest BCUT2D eigenvalue weighted by Gasteiger charge is -2.34. The van der Waals surface area contributed by atoms with Crippen molar-refractivity contribution in [1.82, 2.24) is 30.2 Å². The second-order valence-electron chi connectivity index (χ2n) is 9.07. The minimum Gasteiger partial charge on any atom is -0.488 e. The maximum Gasteiger partial charge on any atom is 0.409 e. The number of ether oxygens (including phenoxy) is 3. The zero-order valence-electron chi connectivity index (χ0n) is 22.2. The Morgan fingerprint density at radius 2 is 1.88 bits per heavy atom. The Hall–Kier alpha value is -4.42. The zero-order valence-corrected chi connectivity index (χ0v) is 22.2. The maximum absolute atomic E-state index is 14.3. The number of halogens is 2. The van der Waals surface area contributed by atoms with Gasteiger partial charge in [0.25, 0.3) is 11.8 Å². The summed E-state index contributed by atoms with van der Waals surface area (Å²) in [6.07, 6.45) is 6.45. The third-order valence-corrected chi connectivity index (χ3v) is 5.90. The molecule has 40 heavy (non-hydrogen) atoms. The van der Waals surface area contributed by atoms with Gasteiger partial charge in [-0.1, -0.05) is 13.3 Å². The van der Waals surface area contributed by atoms with Crippen LogP contribution in [-0.2, 0) is 4.74 Å². The fourth-order valence-corrected chi connectivity index (χ4v) is 4.00. The first-order valence-corrected chi connectivity index (χ1v) is 13.0. The van der Waals surface area contributed by atoms with Crippen molar-refractivity contribution in [2.24, 2.45) is 0 Å². The van der Waals surface area contributed by atoms with E-state index in [0.29, 0.717) is 17.9 Å². The Balaban J connectivity index is 1.39. The highest BCUT2D eigenvalue weighted by molar-refractivity contribution is 5.94. The summed E-state index contributed by atoms with van der Waals surface area (Å²) < 4.78 is 44.1. The summed E-state index contributed by atoms with van der Waals surface area (Å²) in [5, 5.41) is 2.75. The molecule has 1 aliphatic rings. The van der Waals surface area contributed by atoms with Gasteiger partial charge in [-0.25, -0.2) is 28.5 Å². The van der Waals surface area contributed by atoms with Gasteiger partial charge in [0, 0.05) is 49.2 Å². The van der Waals surface area contributed by atoms with E-state index < -0.39 is 30.0 Å². The van der Waals surface area contributed by atoms with Gasteiger partial charge >= 0.3 is 6.09 Å². The number of unbranched alkanes of at least 4 members (excludes halogenated alkanes) is 1. The summed E-state index contributed by atoms with van der Waals surface area (Å²) in [4.78, 5) is 42.9. The van der Waals surface area contributed by atoms with Crippen LogP contribution in [0, 0.1) is 5.82 Å². The third kappa shape index (κ3) is 7.58. The first-order valence-electron chi connectivity index (χ1n) is 13.0. The normalized spacial score (nSPS) is 16.8. The molecule has 0 unspecified atom stereocenters. The molecule has 212 valence electrons. The van der Waals surface area contributed by atoms with Crippen LogP contribution in [0.4, 0.5) is 13.6 Å². The van der Waals surface area contributed by atoms with Crippen LogP contribution in [0.5, 0.6) is 17.4 Å². The topological polar surface area (TPSA) is 129 Å². The molecule has 0 radical (unpaired) electrons. The summed E-state index contributed by atoms with van der Waals surface area (Å²) in [5.41, 5.74) is 0.661. The van der Waals surface area contributed by atoms with Crippen LogP contribution in [0.3, 0.4) is 0 Å². The summed E-state index contributed by atoms with van der Waals surface area (Å²) in [6.45, 7) is 4.37. The fourth-order valence-electron chi connectivity index (χ4n) is 4.00. The number of amides is 2. The molecule has 3 aromatic heterocycles. The van der Waals surface area contributed by atoms with Crippen LogP contribution in [0.2, 0.25) is 0 Å². The molecule has 0 saturated carbocycles. The van der Waals surface area contributed by atoms with Crippen molar-refractivity contribution in [2.45, 2.75) is 45.3 Å². The SMILES string of the molecule is CCCCOC(=O)N1C[C@@H](F)C[C@H](NC(=O)c2cnc(-c3cncc(Oc4ncc(F)cc4OCC)c3)nc2)C1. The van der Waals surface area contributed by atoms with Crippen molar-refractivity contribution in [3.8, 4) is 28.8 Å². The molecule has 2 atom stereocenters. The Bertz CT molecular complexity index is 1310. The molecular formula is C27H30F2N6O5. The minimum absolute atomic E-state index is 0.0705. The molecule has 0 aromatic carbocycles. The van der Waals surface area contributed by atoms with Crippen molar-refractivity contribution < 1.29 is 32.6 Å². The number of piperidine rings is 1. The van der Waals surface area contributed by atoms with Crippen molar-refractivity contribution >= 4 is 12.0 Å². The van der Waals surface area contributed by atoms with Crippen molar-refractivity contribution in [2.75, 3.05) is 26.3 Å². The highest BCUT2D eigenvalue weighted by atomic mass is 19.1. The molecule has 0 bridgehead atoms. The minimum atomic E-state index is -1.28. The van der Waals surface area contributed by atoms with E-state index in [1.807, 2.05) is 6.92 Å². The molecule has 1 N–H and O–H groups in total. The molecule has 0 spiro atoms. The van der Waals surface area contributed by atoms with Crippen LogP contribution in [0.1, 0.15) is 43.5 Å². The van der Waals surface area contributed by atoms with Gasteiger partial charge in [-0.2, -0.15) is 0 Å². The third-order valence-electron chi connectivity index (χ3n) is 5.90. The first kappa shape index (κ1) is 28.6. The quantitative estimate of drug-likeness (QED) is 0.363. The molecule has 1 fully saturated rings. The number of nitrogens with one attached hydrogen (secondary N) is 1. The van der Waals surface area contributed by atoms with E-state index in [4.69, 9.17) is 14.2 Å². The molecule has 3 aromatic rings. The number of alkyl halides is 1. The van der Waals surface area contributed by atoms with Gasteiger partial charge in [-0.3, -0.25) is 9.78 Å². The van der Waals surface area contributed by atoms with Gasteiger partial charge in [-0.05, 0) is 19.4 Å². The van der Waals surface area contributed by atoms with Gasteiger partial charge in [0.1, 0.15) is 17.7 Å². The monoisotopic (exact) mass is 556 g/mol. The summed E-state index contributed by atoms with van der Waals surface area (Å²) >= 11 is 0. The molecule has 1 aliphatic heterocycles. The Morgan fingerprint density at radius 3 is 2.62 bits per heavy atom. The number of carbonyl (C=O) groups excluding carboxylic acids is 2. The van der Waals surface area contributed by atoms with Gasteiger partial charge in [0.2, 0.25) is 0 Å². The van der Waals surface area contributed by atoms with Crippen LogP contribution >= 0.6 is 0 Å². The lowest BCUT2D eigenvalue weighted by molar-refractivity contribution is 0.0617.